The molecule has 3 rings (SSSR count). The molecule has 0 bridgehead atoms. The highest BCUT2D eigenvalue weighted by Gasteiger charge is 2.29. The summed E-state index contributed by atoms with van der Waals surface area (Å²) in [4.78, 5) is 27.9. The number of hydrogen-bond acceptors (Lipinski definition) is 5. The van der Waals surface area contributed by atoms with Crippen molar-refractivity contribution in [1.82, 2.24) is 15.5 Å². The van der Waals surface area contributed by atoms with Crippen LogP contribution in [0.1, 0.15) is 41.8 Å². The number of aryl methyl sites for hydroxylation is 1. The van der Waals surface area contributed by atoms with E-state index in [0.717, 1.165) is 24.6 Å². The number of halogens is 1. The first-order valence-electron chi connectivity index (χ1n) is 10.6. The maximum absolute atomic E-state index is 13.0. The predicted molar refractivity (Wildman–Crippen MR) is 119 cm³/mol. The second-order valence-corrected chi connectivity index (χ2v) is 8.50. The Morgan fingerprint density at radius 2 is 1.77 bits per heavy atom. The quantitative estimate of drug-likeness (QED) is 0.649. The van der Waals surface area contributed by atoms with Crippen LogP contribution in [0.2, 0.25) is 5.02 Å². The topological polar surface area (TPSA) is 83.8 Å². The molecule has 1 aromatic carbocycles. The van der Waals surface area contributed by atoms with E-state index in [0.29, 0.717) is 30.3 Å². The molecular formula is C23H30ClN3O4. The van der Waals surface area contributed by atoms with Gasteiger partial charge in [0.05, 0.1) is 19.3 Å². The summed E-state index contributed by atoms with van der Waals surface area (Å²) in [5.41, 5.74) is 0.458. The van der Waals surface area contributed by atoms with Crippen molar-refractivity contribution in [1.29, 1.82) is 0 Å². The third-order valence-corrected chi connectivity index (χ3v) is 5.64. The van der Waals surface area contributed by atoms with Crippen molar-refractivity contribution in [3.05, 3.63) is 58.5 Å². The van der Waals surface area contributed by atoms with Crippen LogP contribution in [-0.4, -0.2) is 55.6 Å². The average Bonchev–Trinajstić information content (AvgIpc) is 3.18. The van der Waals surface area contributed by atoms with E-state index in [9.17, 15) is 9.59 Å². The normalized spacial score (nSPS) is 16.7. The summed E-state index contributed by atoms with van der Waals surface area (Å²) in [7, 11) is 0. The van der Waals surface area contributed by atoms with Crippen LogP contribution in [0.3, 0.4) is 0 Å². The lowest BCUT2D eigenvalue weighted by Crippen LogP contribution is -2.51. The first kappa shape index (κ1) is 23.3. The summed E-state index contributed by atoms with van der Waals surface area (Å²) in [5.74, 6) is 1.03. The number of rotatable bonds is 8. The number of hydrogen-bond donors (Lipinski definition) is 2. The largest absolute Gasteiger partial charge is 0.465 e. The van der Waals surface area contributed by atoms with E-state index in [-0.39, 0.29) is 23.8 Å². The Morgan fingerprint density at radius 3 is 2.35 bits per heavy atom. The number of nitrogens with zero attached hydrogens (tertiary/aromatic N) is 1. The van der Waals surface area contributed by atoms with Crippen molar-refractivity contribution in [3.63, 3.8) is 0 Å². The molecule has 1 aliphatic heterocycles. The van der Waals surface area contributed by atoms with Crippen molar-refractivity contribution in [2.45, 2.75) is 32.9 Å². The summed E-state index contributed by atoms with van der Waals surface area (Å²) in [6.45, 7) is 8.92. The maximum Gasteiger partial charge on any atom is 0.251 e. The SMILES string of the molecule is Cc1ccc(C(CNC(=O)C(NC(=O)c2ccc(Cl)cc2)C(C)C)N2CCOCC2)o1. The molecule has 1 aliphatic rings. The highest BCUT2D eigenvalue weighted by molar-refractivity contribution is 6.30. The van der Waals surface area contributed by atoms with Gasteiger partial charge in [0.25, 0.3) is 5.91 Å². The van der Waals surface area contributed by atoms with Crippen LogP contribution in [0.15, 0.2) is 40.8 Å². The summed E-state index contributed by atoms with van der Waals surface area (Å²) in [6, 6.07) is 9.70. The summed E-state index contributed by atoms with van der Waals surface area (Å²) < 4.78 is 11.3. The lowest BCUT2D eigenvalue weighted by atomic mass is 10.0. The first-order valence-corrected chi connectivity index (χ1v) is 10.9. The lowest BCUT2D eigenvalue weighted by Gasteiger charge is -2.34. The number of morpholine rings is 1. The van der Waals surface area contributed by atoms with Crippen LogP contribution in [0, 0.1) is 12.8 Å². The zero-order chi connectivity index (χ0) is 22.4. The van der Waals surface area contributed by atoms with Crippen molar-refractivity contribution in [3.8, 4) is 0 Å². The predicted octanol–water partition coefficient (Wildman–Crippen LogP) is 3.19. The van der Waals surface area contributed by atoms with Crippen molar-refractivity contribution in [2.75, 3.05) is 32.8 Å². The number of carbonyl (C=O) groups excluding carboxylic acids is 2. The second kappa shape index (κ2) is 10.8. The molecule has 8 heteroatoms. The monoisotopic (exact) mass is 447 g/mol. The summed E-state index contributed by atoms with van der Waals surface area (Å²) in [5, 5.41) is 6.42. The van der Waals surface area contributed by atoms with Gasteiger partial charge in [0.2, 0.25) is 5.91 Å². The molecule has 0 saturated carbocycles. The zero-order valence-corrected chi connectivity index (χ0v) is 18.9. The zero-order valence-electron chi connectivity index (χ0n) is 18.2. The Bertz CT molecular complexity index is 875. The van der Waals surface area contributed by atoms with Gasteiger partial charge < -0.3 is 19.8 Å². The van der Waals surface area contributed by atoms with Gasteiger partial charge in [-0.2, -0.15) is 0 Å². The van der Waals surface area contributed by atoms with Crippen LogP contribution in [0.4, 0.5) is 0 Å². The number of furan rings is 1. The molecule has 2 heterocycles. The molecule has 2 unspecified atom stereocenters. The molecule has 2 N–H and O–H groups in total. The molecule has 0 spiro atoms. The van der Waals surface area contributed by atoms with Crippen LogP contribution in [0.25, 0.3) is 0 Å². The van der Waals surface area contributed by atoms with E-state index in [4.69, 9.17) is 20.8 Å². The van der Waals surface area contributed by atoms with Gasteiger partial charge >= 0.3 is 0 Å². The Labute approximate surface area is 188 Å². The summed E-state index contributed by atoms with van der Waals surface area (Å²) >= 11 is 5.89. The Balaban J connectivity index is 1.66. The highest BCUT2D eigenvalue weighted by Crippen LogP contribution is 2.23. The van der Waals surface area contributed by atoms with Gasteiger partial charge in [-0.05, 0) is 49.2 Å². The fourth-order valence-corrected chi connectivity index (χ4v) is 3.73. The van der Waals surface area contributed by atoms with E-state index in [1.807, 2.05) is 32.9 Å². The van der Waals surface area contributed by atoms with Gasteiger partial charge in [-0.25, -0.2) is 0 Å². The molecule has 7 nitrogen and oxygen atoms in total. The minimum atomic E-state index is -0.660. The molecule has 2 aromatic rings. The summed E-state index contributed by atoms with van der Waals surface area (Å²) in [6.07, 6.45) is 0. The number of carbonyl (C=O) groups is 2. The number of amides is 2. The van der Waals surface area contributed by atoms with Crippen LogP contribution >= 0.6 is 11.6 Å². The minimum absolute atomic E-state index is 0.0797. The minimum Gasteiger partial charge on any atom is -0.465 e. The average molecular weight is 448 g/mol. The second-order valence-electron chi connectivity index (χ2n) is 8.06. The molecule has 1 fully saturated rings. The standard InChI is InChI=1S/C23H30ClN3O4/c1-15(2)21(26-22(28)17-5-7-18(24)8-6-17)23(29)25-14-19(20-9-4-16(3)31-20)27-10-12-30-13-11-27/h4-9,15,19,21H,10-14H2,1-3H3,(H,25,29)(H,26,28). The third kappa shape index (κ3) is 6.32. The lowest BCUT2D eigenvalue weighted by molar-refractivity contribution is -0.124. The molecule has 2 atom stereocenters. The van der Waals surface area contributed by atoms with E-state index in [1.54, 1.807) is 24.3 Å². The van der Waals surface area contributed by atoms with Crippen molar-refractivity contribution in [2.24, 2.45) is 5.92 Å². The first-order chi connectivity index (χ1) is 14.8. The van der Waals surface area contributed by atoms with Gasteiger partial charge in [-0.1, -0.05) is 25.4 Å². The number of nitrogens with one attached hydrogen (secondary N) is 2. The molecule has 168 valence electrons. The maximum atomic E-state index is 13.0. The van der Waals surface area contributed by atoms with Gasteiger partial charge in [0.1, 0.15) is 17.6 Å². The smallest absolute Gasteiger partial charge is 0.251 e. The third-order valence-electron chi connectivity index (χ3n) is 5.39. The molecule has 2 amide bonds. The molecule has 31 heavy (non-hydrogen) atoms. The Hall–Kier alpha value is -2.35. The van der Waals surface area contributed by atoms with Gasteiger partial charge in [-0.3, -0.25) is 14.5 Å². The molecule has 0 radical (unpaired) electrons. The van der Waals surface area contributed by atoms with Crippen LogP contribution in [0.5, 0.6) is 0 Å². The number of benzene rings is 1. The van der Waals surface area contributed by atoms with Crippen LogP contribution < -0.4 is 10.6 Å². The van der Waals surface area contributed by atoms with E-state index in [2.05, 4.69) is 15.5 Å². The number of ether oxygens (including phenoxy) is 1. The molecular weight excluding hydrogens is 418 g/mol. The fraction of sp³-hybridized carbons (Fsp3) is 0.478. The fourth-order valence-electron chi connectivity index (χ4n) is 3.60. The Kier molecular flexibility index (Phi) is 8.12. The molecule has 0 aliphatic carbocycles. The van der Waals surface area contributed by atoms with Gasteiger partial charge in [0, 0.05) is 30.2 Å². The van der Waals surface area contributed by atoms with Gasteiger partial charge in [-0.15, -0.1) is 0 Å². The van der Waals surface area contributed by atoms with Gasteiger partial charge in [0.15, 0.2) is 0 Å². The Morgan fingerprint density at radius 1 is 1.10 bits per heavy atom. The van der Waals surface area contributed by atoms with Crippen molar-refractivity contribution < 1.29 is 18.7 Å². The van der Waals surface area contributed by atoms with Crippen molar-refractivity contribution >= 4 is 23.4 Å². The van der Waals surface area contributed by atoms with E-state index < -0.39 is 6.04 Å². The van der Waals surface area contributed by atoms with Crippen LogP contribution in [-0.2, 0) is 9.53 Å². The highest BCUT2D eigenvalue weighted by atomic mass is 35.5. The molecule has 1 saturated heterocycles. The van der Waals surface area contributed by atoms with E-state index in [1.165, 1.54) is 0 Å². The van der Waals surface area contributed by atoms with E-state index >= 15 is 0 Å². The molecule has 1 aromatic heterocycles.